The summed E-state index contributed by atoms with van der Waals surface area (Å²) in [7, 11) is 1.48. The van der Waals surface area contributed by atoms with Gasteiger partial charge in [-0.15, -0.1) is 0 Å². The number of nitrogens with zero attached hydrogens (tertiary/aromatic N) is 3. The number of imide groups is 1. The number of benzene rings is 2. The fraction of sp³-hybridized carbons (Fsp3) is 0.250. The van der Waals surface area contributed by atoms with Crippen molar-refractivity contribution >= 4 is 29.2 Å². The van der Waals surface area contributed by atoms with Crippen LogP contribution < -0.4 is 4.74 Å². The van der Waals surface area contributed by atoms with Crippen LogP contribution in [0.1, 0.15) is 33.6 Å². The van der Waals surface area contributed by atoms with Gasteiger partial charge >= 0.3 is 0 Å². The van der Waals surface area contributed by atoms with E-state index in [-0.39, 0.29) is 16.8 Å². The molecule has 0 aromatic heterocycles. The Balaban J connectivity index is 1.70. The molecule has 3 amide bonds. The average molecular weight is 463 g/mol. The molecule has 0 saturated carbocycles. The Bertz CT molecular complexity index is 1180. The number of hydrogen-bond acceptors (Lipinski definition) is 7. The van der Waals surface area contributed by atoms with E-state index in [2.05, 4.69) is 0 Å². The fourth-order valence-corrected chi connectivity index (χ4v) is 4.16. The molecule has 34 heavy (non-hydrogen) atoms. The van der Waals surface area contributed by atoms with E-state index in [9.17, 15) is 29.3 Å². The number of allylic oxidation sites excluding steroid dienone is 2. The second-order valence-corrected chi connectivity index (χ2v) is 7.97. The number of carbonyl (C=O) groups is 4. The molecule has 1 fully saturated rings. The summed E-state index contributed by atoms with van der Waals surface area (Å²) >= 11 is 0. The van der Waals surface area contributed by atoms with Crippen molar-refractivity contribution in [2.24, 2.45) is 11.8 Å². The van der Waals surface area contributed by atoms with Crippen LogP contribution in [0.3, 0.4) is 0 Å². The van der Waals surface area contributed by atoms with Gasteiger partial charge in [0, 0.05) is 23.3 Å². The summed E-state index contributed by atoms with van der Waals surface area (Å²) in [6.07, 6.45) is 4.34. The predicted octanol–water partition coefficient (Wildman–Crippen LogP) is 2.79. The first-order valence-electron chi connectivity index (χ1n) is 10.6. The lowest BCUT2D eigenvalue weighted by Crippen LogP contribution is -2.52. The number of carbonyl (C=O) groups excluding carboxylic acids is 4. The zero-order chi connectivity index (χ0) is 24.4. The van der Waals surface area contributed by atoms with Crippen molar-refractivity contribution in [1.29, 1.82) is 0 Å². The van der Waals surface area contributed by atoms with E-state index in [0.29, 0.717) is 18.6 Å². The molecule has 1 aliphatic carbocycles. The van der Waals surface area contributed by atoms with E-state index < -0.39 is 46.8 Å². The minimum absolute atomic E-state index is 0.120. The summed E-state index contributed by atoms with van der Waals surface area (Å²) in [5.74, 6) is -3.22. The van der Waals surface area contributed by atoms with Gasteiger partial charge in [0.15, 0.2) is 5.78 Å². The molecule has 0 N–H and O–H groups in total. The van der Waals surface area contributed by atoms with Crippen LogP contribution >= 0.6 is 0 Å². The van der Waals surface area contributed by atoms with E-state index in [1.807, 2.05) is 12.2 Å². The minimum atomic E-state index is -0.862. The normalized spacial score (nSPS) is 19.0. The highest BCUT2D eigenvalue weighted by molar-refractivity contribution is 6.09. The van der Waals surface area contributed by atoms with Gasteiger partial charge in [-0.1, -0.05) is 18.2 Å². The van der Waals surface area contributed by atoms with Crippen LogP contribution in [0.4, 0.5) is 5.69 Å². The Labute approximate surface area is 194 Å². The summed E-state index contributed by atoms with van der Waals surface area (Å²) < 4.78 is 5.09. The molecule has 174 valence electrons. The van der Waals surface area contributed by atoms with Gasteiger partial charge in [0.25, 0.3) is 23.4 Å². The number of nitro benzene ring substituents is 1. The molecule has 2 atom stereocenters. The lowest BCUT2D eigenvalue weighted by atomic mass is 9.85. The molecule has 2 aliphatic rings. The Morgan fingerprint density at radius 3 is 2.21 bits per heavy atom. The molecule has 10 nitrogen and oxygen atoms in total. The zero-order valence-electron chi connectivity index (χ0n) is 18.2. The summed E-state index contributed by atoms with van der Waals surface area (Å²) in [5.41, 5.74) is -0.203. The second kappa shape index (κ2) is 9.26. The third kappa shape index (κ3) is 4.17. The van der Waals surface area contributed by atoms with E-state index in [1.54, 1.807) is 12.1 Å². The van der Waals surface area contributed by atoms with Gasteiger partial charge in [0.05, 0.1) is 23.9 Å². The minimum Gasteiger partial charge on any atom is -0.497 e. The summed E-state index contributed by atoms with van der Waals surface area (Å²) in [4.78, 5) is 63.3. The third-order valence-corrected chi connectivity index (χ3v) is 5.97. The molecule has 1 saturated heterocycles. The van der Waals surface area contributed by atoms with E-state index >= 15 is 0 Å². The van der Waals surface area contributed by atoms with E-state index in [1.165, 1.54) is 37.4 Å². The van der Waals surface area contributed by atoms with Crippen molar-refractivity contribution in [2.45, 2.75) is 12.8 Å². The van der Waals surface area contributed by atoms with Crippen LogP contribution in [0.2, 0.25) is 0 Å². The maximum atomic E-state index is 13.4. The number of ether oxygens (including phenoxy) is 1. The van der Waals surface area contributed by atoms with Crippen molar-refractivity contribution in [2.75, 3.05) is 13.7 Å². The number of nitro groups is 1. The number of methoxy groups -OCH3 is 1. The Kier molecular flexibility index (Phi) is 6.22. The van der Waals surface area contributed by atoms with Crippen molar-refractivity contribution in [3.05, 3.63) is 81.9 Å². The first-order chi connectivity index (χ1) is 16.3. The van der Waals surface area contributed by atoms with Crippen LogP contribution in [-0.2, 0) is 9.59 Å². The molecule has 0 radical (unpaired) electrons. The number of amides is 3. The van der Waals surface area contributed by atoms with Gasteiger partial charge in [-0.25, -0.2) is 5.01 Å². The molecular weight excluding hydrogens is 442 g/mol. The number of Topliss-reactive ketones (excluding diaryl/α,β-unsaturated/α-hetero) is 1. The molecule has 1 aliphatic heterocycles. The summed E-state index contributed by atoms with van der Waals surface area (Å²) in [6, 6.07) is 11.1. The van der Waals surface area contributed by atoms with Crippen LogP contribution in [0.25, 0.3) is 0 Å². The van der Waals surface area contributed by atoms with Gasteiger partial charge in [0.2, 0.25) is 0 Å². The number of hydrogen-bond donors (Lipinski definition) is 0. The highest BCUT2D eigenvalue weighted by atomic mass is 16.6. The second-order valence-electron chi connectivity index (χ2n) is 7.97. The molecule has 2 aromatic carbocycles. The number of hydrazine groups is 1. The van der Waals surface area contributed by atoms with Gasteiger partial charge < -0.3 is 4.74 Å². The first kappa shape index (κ1) is 22.8. The van der Waals surface area contributed by atoms with Crippen LogP contribution in [0.5, 0.6) is 5.75 Å². The molecule has 4 rings (SSSR count). The number of ketones is 1. The largest absolute Gasteiger partial charge is 0.497 e. The third-order valence-electron chi connectivity index (χ3n) is 5.97. The predicted molar refractivity (Wildman–Crippen MR) is 119 cm³/mol. The van der Waals surface area contributed by atoms with Crippen LogP contribution in [0, 0.1) is 22.0 Å². The van der Waals surface area contributed by atoms with Crippen molar-refractivity contribution < 1.29 is 28.8 Å². The smallest absolute Gasteiger partial charge is 0.273 e. The molecule has 2 aromatic rings. The highest BCUT2D eigenvalue weighted by Crippen LogP contribution is 2.36. The average Bonchev–Trinajstić information content (AvgIpc) is 3.12. The number of fused-ring (bicyclic) bond motifs is 1. The quantitative estimate of drug-likeness (QED) is 0.203. The zero-order valence-corrected chi connectivity index (χ0v) is 18.2. The fourth-order valence-electron chi connectivity index (χ4n) is 4.16. The van der Waals surface area contributed by atoms with Crippen molar-refractivity contribution in [3.8, 4) is 5.75 Å². The SMILES string of the molecule is COc1ccc(C(=O)CN(C(=O)c2cccc([N+](=O)[O-])c2)N2C(=O)[C@H]3CC=CC[C@H]3C2=O)cc1. The molecule has 0 unspecified atom stereocenters. The van der Waals surface area contributed by atoms with Crippen LogP contribution in [0.15, 0.2) is 60.7 Å². The number of non-ortho nitro benzene ring substituents is 1. The maximum absolute atomic E-state index is 13.4. The lowest BCUT2D eigenvalue weighted by Gasteiger charge is -2.30. The van der Waals surface area contributed by atoms with Crippen LogP contribution in [-0.4, -0.2) is 52.1 Å². The van der Waals surface area contributed by atoms with Gasteiger partial charge in [0.1, 0.15) is 12.3 Å². The van der Waals surface area contributed by atoms with Crippen molar-refractivity contribution in [1.82, 2.24) is 10.0 Å². The first-order valence-corrected chi connectivity index (χ1v) is 10.6. The monoisotopic (exact) mass is 463 g/mol. The number of rotatable bonds is 7. The van der Waals surface area contributed by atoms with Gasteiger partial charge in [-0.2, -0.15) is 5.01 Å². The van der Waals surface area contributed by atoms with E-state index in [0.717, 1.165) is 16.1 Å². The Morgan fingerprint density at radius 1 is 1.03 bits per heavy atom. The standard InChI is InChI=1S/C24H21N3O7/c1-34-18-11-9-15(10-12-18)21(28)14-25(22(29)16-5-4-6-17(13-16)27(32)33)26-23(30)19-7-2-3-8-20(19)24(26)31/h2-6,9-13,19-20H,7-8,14H2,1H3/t19-,20+. The van der Waals surface area contributed by atoms with E-state index in [4.69, 9.17) is 4.74 Å². The van der Waals surface area contributed by atoms with Gasteiger partial charge in [-0.3, -0.25) is 29.3 Å². The van der Waals surface area contributed by atoms with Crippen molar-refractivity contribution in [3.63, 3.8) is 0 Å². The molecule has 10 heteroatoms. The molecule has 0 spiro atoms. The van der Waals surface area contributed by atoms with Gasteiger partial charge in [-0.05, 0) is 43.2 Å². The highest BCUT2D eigenvalue weighted by Gasteiger charge is 2.51. The molecular formula is C24H21N3O7. The lowest BCUT2D eigenvalue weighted by molar-refractivity contribution is -0.384. The summed E-state index contributed by atoms with van der Waals surface area (Å²) in [6.45, 7) is -0.599. The molecule has 0 bridgehead atoms. The Morgan fingerprint density at radius 2 is 1.65 bits per heavy atom. The molecule has 1 heterocycles. The maximum Gasteiger partial charge on any atom is 0.273 e. The Hall–Kier alpha value is -4.34. The topological polar surface area (TPSA) is 127 Å². The summed E-state index contributed by atoms with van der Waals surface area (Å²) in [5, 5.41) is 12.7.